The zero-order valence-electron chi connectivity index (χ0n) is 11.5. The van der Waals surface area contributed by atoms with E-state index in [9.17, 15) is 0 Å². The summed E-state index contributed by atoms with van der Waals surface area (Å²) in [5.74, 6) is 0. The monoisotopic (exact) mass is 223 g/mol. The van der Waals surface area contributed by atoms with Crippen LogP contribution in [0.2, 0.25) is 0 Å². The highest BCUT2D eigenvalue weighted by Crippen LogP contribution is 2.19. The van der Waals surface area contributed by atoms with Crippen LogP contribution in [-0.4, -0.2) is 22.4 Å². The summed E-state index contributed by atoms with van der Waals surface area (Å²) in [6.45, 7) is 14.1. The smallest absolute Gasteiger partial charge is 0.0644 e. The van der Waals surface area contributed by atoms with Gasteiger partial charge in [0.1, 0.15) is 0 Å². The molecule has 0 aliphatic carbocycles. The summed E-state index contributed by atoms with van der Waals surface area (Å²) in [4.78, 5) is 0. The molecule has 1 heterocycles. The summed E-state index contributed by atoms with van der Waals surface area (Å²) in [5, 5.41) is 8.12. The van der Waals surface area contributed by atoms with Crippen LogP contribution < -0.4 is 5.32 Å². The van der Waals surface area contributed by atoms with Crippen molar-refractivity contribution in [2.45, 2.75) is 60.0 Å². The molecule has 1 aromatic heterocycles. The molecule has 0 bridgehead atoms. The van der Waals surface area contributed by atoms with Crippen LogP contribution in [0.5, 0.6) is 0 Å². The van der Waals surface area contributed by atoms with Crippen molar-refractivity contribution in [2.75, 3.05) is 6.54 Å². The lowest BCUT2D eigenvalue weighted by molar-refractivity contribution is 0.365. The largest absolute Gasteiger partial charge is 0.312 e. The fourth-order valence-electron chi connectivity index (χ4n) is 2.31. The first-order valence-corrected chi connectivity index (χ1v) is 6.30. The molecule has 92 valence electrons. The molecule has 0 saturated carbocycles. The summed E-state index contributed by atoms with van der Waals surface area (Å²) in [7, 11) is 0. The molecule has 0 aromatic carbocycles. The van der Waals surface area contributed by atoms with Gasteiger partial charge < -0.3 is 5.32 Å². The van der Waals surface area contributed by atoms with Gasteiger partial charge in [-0.05, 0) is 46.2 Å². The Balaban J connectivity index is 2.95. The first-order chi connectivity index (χ1) is 7.52. The molecular weight excluding hydrogens is 198 g/mol. The van der Waals surface area contributed by atoms with E-state index >= 15 is 0 Å². The Morgan fingerprint density at radius 1 is 1.25 bits per heavy atom. The lowest BCUT2D eigenvalue weighted by atomic mass is 10.1. The van der Waals surface area contributed by atoms with Gasteiger partial charge in [0.15, 0.2) is 0 Å². The molecule has 0 saturated heterocycles. The van der Waals surface area contributed by atoms with Gasteiger partial charge in [-0.2, -0.15) is 5.10 Å². The molecule has 1 aromatic rings. The number of nitrogens with zero attached hydrogens (tertiary/aromatic N) is 2. The van der Waals surface area contributed by atoms with Crippen LogP contribution in [0.25, 0.3) is 0 Å². The zero-order valence-corrected chi connectivity index (χ0v) is 11.5. The molecule has 2 atom stereocenters. The SMILES string of the molecule is CCNC(C)C(C)n1nc(C)c(CC)c1C. The highest BCUT2D eigenvalue weighted by Gasteiger charge is 2.18. The molecule has 0 fully saturated rings. The third-order valence-electron chi connectivity index (χ3n) is 3.46. The van der Waals surface area contributed by atoms with Gasteiger partial charge in [0, 0.05) is 11.7 Å². The Morgan fingerprint density at radius 3 is 2.31 bits per heavy atom. The molecule has 0 spiro atoms. The van der Waals surface area contributed by atoms with Crippen LogP contribution >= 0.6 is 0 Å². The summed E-state index contributed by atoms with van der Waals surface area (Å²) in [5.41, 5.74) is 3.89. The second-order valence-electron chi connectivity index (χ2n) is 4.53. The normalized spacial score (nSPS) is 15.1. The molecule has 1 rings (SSSR count). The average molecular weight is 223 g/mol. The van der Waals surface area contributed by atoms with Gasteiger partial charge >= 0.3 is 0 Å². The molecule has 0 amide bonds. The molecule has 3 nitrogen and oxygen atoms in total. The van der Waals surface area contributed by atoms with Gasteiger partial charge in [0.05, 0.1) is 11.7 Å². The maximum Gasteiger partial charge on any atom is 0.0644 e. The number of aromatic nitrogens is 2. The third-order valence-corrected chi connectivity index (χ3v) is 3.46. The van der Waals surface area contributed by atoms with Gasteiger partial charge in [-0.15, -0.1) is 0 Å². The van der Waals surface area contributed by atoms with Crippen molar-refractivity contribution in [1.82, 2.24) is 15.1 Å². The summed E-state index contributed by atoms with van der Waals surface area (Å²) in [6.07, 6.45) is 1.07. The van der Waals surface area contributed by atoms with Crippen molar-refractivity contribution in [1.29, 1.82) is 0 Å². The van der Waals surface area contributed by atoms with E-state index in [1.54, 1.807) is 0 Å². The van der Waals surface area contributed by atoms with Crippen molar-refractivity contribution in [3.63, 3.8) is 0 Å². The van der Waals surface area contributed by atoms with Gasteiger partial charge in [-0.25, -0.2) is 0 Å². The molecule has 3 heteroatoms. The van der Waals surface area contributed by atoms with Gasteiger partial charge in [-0.1, -0.05) is 13.8 Å². The molecule has 0 aliphatic heterocycles. The predicted octanol–water partition coefficient (Wildman–Crippen LogP) is 2.62. The fraction of sp³-hybridized carbons (Fsp3) is 0.769. The molecule has 1 N–H and O–H groups in total. The molecule has 2 unspecified atom stereocenters. The lowest BCUT2D eigenvalue weighted by Gasteiger charge is -2.22. The van der Waals surface area contributed by atoms with Crippen LogP contribution in [0.1, 0.15) is 50.7 Å². The van der Waals surface area contributed by atoms with E-state index in [4.69, 9.17) is 0 Å². The van der Waals surface area contributed by atoms with Crippen LogP contribution in [0, 0.1) is 13.8 Å². The second kappa shape index (κ2) is 5.48. The van der Waals surface area contributed by atoms with E-state index in [-0.39, 0.29) is 0 Å². The number of rotatable bonds is 5. The highest BCUT2D eigenvalue weighted by atomic mass is 15.3. The first-order valence-electron chi connectivity index (χ1n) is 6.30. The zero-order chi connectivity index (χ0) is 12.3. The van der Waals surface area contributed by atoms with Gasteiger partial charge in [0.25, 0.3) is 0 Å². The van der Waals surface area contributed by atoms with Gasteiger partial charge in [-0.3, -0.25) is 4.68 Å². The summed E-state index contributed by atoms with van der Waals surface area (Å²) < 4.78 is 2.17. The maximum atomic E-state index is 4.66. The van der Waals surface area contributed by atoms with Crippen LogP contribution in [0.15, 0.2) is 0 Å². The fourth-order valence-corrected chi connectivity index (χ4v) is 2.31. The van der Waals surface area contributed by atoms with Crippen LogP contribution in [-0.2, 0) is 6.42 Å². The van der Waals surface area contributed by atoms with Crippen LogP contribution in [0.3, 0.4) is 0 Å². The van der Waals surface area contributed by atoms with Crippen molar-refractivity contribution in [3.05, 3.63) is 17.0 Å². The Labute approximate surface area is 99.2 Å². The second-order valence-corrected chi connectivity index (χ2v) is 4.53. The highest BCUT2D eigenvalue weighted by molar-refractivity contribution is 5.24. The summed E-state index contributed by atoms with van der Waals surface area (Å²) >= 11 is 0. The van der Waals surface area contributed by atoms with Gasteiger partial charge in [0.2, 0.25) is 0 Å². The number of nitrogens with one attached hydrogen (secondary N) is 1. The maximum absolute atomic E-state index is 4.66. The Morgan fingerprint density at radius 2 is 1.88 bits per heavy atom. The molecule has 16 heavy (non-hydrogen) atoms. The third kappa shape index (κ3) is 2.46. The Kier molecular flexibility index (Phi) is 4.54. The van der Waals surface area contributed by atoms with E-state index in [0.29, 0.717) is 12.1 Å². The number of likely N-dealkylation sites (N-methyl/N-ethyl adjacent to an activating group) is 1. The lowest BCUT2D eigenvalue weighted by Crippen LogP contribution is -2.34. The number of aryl methyl sites for hydroxylation is 1. The first kappa shape index (κ1) is 13.2. The topological polar surface area (TPSA) is 29.9 Å². The standard InChI is InChI=1S/C13H25N3/c1-7-13-10(4)15-16(12(13)6)11(5)9(3)14-8-2/h9,11,14H,7-8H2,1-6H3. The van der Waals surface area contributed by atoms with E-state index < -0.39 is 0 Å². The number of hydrogen-bond donors (Lipinski definition) is 1. The Hall–Kier alpha value is -0.830. The van der Waals surface area contributed by atoms with E-state index in [0.717, 1.165) is 13.0 Å². The minimum absolute atomic E-state index is 0.402. The number of hydrogen-bond acceptors (Lipinski definition) is 2. The van der Waals surface area contributed by atoms with E-state index in [1.807, 2.05) is 0 Å². The Bertz CT molecular complexity index is 341. The van der Waals surface area contributed by atoms with Crippen molar-refractivity contribution in [3.8, 4) is 0 Å². The van der Waals surface area contributed by atoms with Crippen molar-refractivity contribution < 1.29 is 0 Å². The summed E-state index contributed by atoms with van der Waals surface area (Å²) in [6, 6.07) is 0.853. The van der Waals surface area contributed by atoms with Crippen molar-refractivity contribution >= 4 is 0 Å². The minimum atomic E-state index is 0.402. The molecule has 0 radical (unpaired) electrons. The molecular formula is C13H25N3. The van der Waals surface area contributed by atoms with E-state index in [2.05, 4.69) is 56.6 Å². The quantitative estimate of drug-likeness (QED) is 0.831. The van der Waals surface area contributed by atoms with Crippen molar-refractivity contribution in [2.24, 2.45) is 0 Å². The molecule has 0 aliphatic rings. The van der Waals surface area contributed by atoms with Crippen LogP contribution in [0.4, 0.5) is 0 Å². The van der Waals surface area contributed by atoms with E-state index in [1.165, 1.54) is 17.0 Å². The average Bonchev–Trinajstić information content (AvgIpc) is 2.53. The minimum Gasteiger partial charge on any atom is -0.312 e. The predicted molar refractivity (Wildman–Crippen MR) is 68.9 cm³/mol.